The molecule has 0 aromatic heterocycles. The highest BCUT2D eigenvalue weighted by Gasteiger charge is 2.29. The van der Waals surface area contributed by atoms with Crippen LogP contribution in [0.4, 0.5) is 0 Å². The molecule has 2 aromatic carbocycles. The van der Waals surface area contributed by atoms with Crippen molar-refractivity contribution in [3.8, 4) is 11.5 Å². The summed E-state index contributed by atoms with van der Waals surface area (Å²) in [5.41, 5.74) is 2.18. The summed E-state index contributed by atoms with van der Waals surface area (Å²) in [6.07, 6.45) is 1.75. The van der Waals surface area contributed by atoms with E-state index in [9.17, 15) is 4.79 Å². The van der Waals surface area contributed by atoms with Crippen LogP contribution in [-0.2, 0) is 4.79 Å². The Balaban J connectivity index is 1.73. The number of hydrogen-bond acceptors (Lipinski definition) is 3. The molecule has 3 heteroatoms. The quantitative estimate of drug-likeness (QED) is 0.608. The Morgan fingerprint density at radius 3 is 2.70 bits per heavy atom. The first-order chi connectivity index (χ1) is 11.2. The smallest absolute Gasteiger partial charge is 0.319 e. The lowest BCUT2D eigenvalue weighted by Gasteiger charge is -2.24. The number of para-hydroxylation sites is 1. The summed E-state index contributed by atoms with van der Waals surface area (Å²) in [7, 11) is 0. The zero-order valence-corrected chi connectivity index (χ0v) is 13.6. The third-order valence-corrected chi connectivity index (χ3v) is 4.52. The van der Waals surface area contributed by atoms with E-state index < -0.39 is 0 Å². The van der Waals surface area contributed by atoms with Crippen LogP contribution < -0.4 is 9.47 Å². The van der Waals surface area contributed by atoms with E-state index in [1.807, 2.05) is 48.5 Å². The molecule has 2 aromatic rings. The van der Waals surface area contributed by atoms with Crippen LogP contribution in [-0.4, -0.2) is 12.6 Å². The van der Waals surface area contributed by atoms with Crippen LogP contribution in [0.1, 0.15) is 49.7 Å². The topological polar surface area (TPSA) is 35.5 Å². The molecule has 0 fully saturated rings. The van der Waals surface area contributed by atoms with E-state index in [1.165, 1.54) is 5.56 Å². The molecule has 2 unspecified atom stereocenters. The highest BCUT2D eigenvalue weighted by Crippen LogP contribution is 2.34. The predicted molar refractivity (Wildman–Crippen MR) is 90.1 cm³/mol. The van der Waals surface area contributed by atoms with Crippen LogP contribution in [0.2, 0.25) is 0 Å². The molecule has 23 heavy (non-hydrogen) atoms. The van der Waals surface area contributed by atoms with Crippen molar-refractivity contribution in [3.05, 3.63) is 59.7 Å². The number of benzene rings is 2. The largest absolute Gasteiger partial charge is 0.493 e. The summed E-state index contributed by atoms with van der Waals surface area (Å²) in [6, 6.07) is 15.5. The van der Waals surface area contributed by atoms with E-state index in [2.05, 4.69) is 13.8 Å². The first-order valence-corrected chi connectivity index (χ1v) is 8.22. The van der Waals surface area contributed by atoms with Crippen LogP contribution in [0, 0.1) is 0 Å². The second-order valence-electron chi connectivity index (χ2n) is 6.03. The van der Waals surface area contributed by atoms with E-state index >= 15 is 0 Å². The predicted octanol–water partition coefficient (Wildman–Crippen LogP) is 4.67. The number of ether oxygens (including phenoxy) is 2. The maximum atomic E-state index is 12.5. The van der Waals surface area contributed by atoms with Crippen molar-refractivity contribution in [3.63, 3.8) is 0 Å². The molecular formula is C20H22O3. The average molecular weight is 310 g/mol. The summed E-state index contributed by atoms with van der Waals surface area (Å²) < 4.78 is 11.2. The normalized spacial score (nSPS) is 17.7. The lowest BCUT2D eigenvalue weighted by molar-refractivity contribution is -0.136. The van der Waals surface area contributed by atoms with Gasteiger partial charge >= 0.3 is 5.97 Å². The Bertz CT molecular complexity index is 676. The van der Waals surface area contributed by atoms with Crippen molar-refractivity contribution < 1.29 is 14.3 Å². The molecule has 0 spiro atoms. The SMILES string of the molecule is CCC(C)c1ccc(OC(=O)C2CCOc3ccccc32)cc1. The fourth-order valence-electron chi connectivity index (χ4n) is 2.87. The second kappa shape index (κ2) is 6.86. The molecule has 1 aliphatic heterocycles. The van der Waals surface area contributed by atoms with Gasteiger partial charge in [-0.1, -0.05) is 44.2 Å². The van der Waals surface area contributed by atoms with Gasteiger partial charge in [-0.05, 0) is 42.5 Å². The molecule has 0 saturated heterocycles. The number of esters is 1. The van der Waals surface area contributed by atoms with E-state index in [0.29, 0.717) is 24.7 Å². The molecular weight excluding hydrogens is 288 g/mol. The van der Waals surface area contributed by atoms with E-state index in [0.717, 1.165) is 17.7 Å². The van der Waals surface area contributed by atoms with Gasteiger partial charge in [-0.25, -0.2) is 0 Å². The number of fused-ring (bicyclic) bond motifs is 1. The van der Waals surface area contributed by atoms with Crippen molar-refractivity contribution >= 4 is 5.97 Å². The van der Waals surface area contributed by atoms with Gasteiger partial charge in [0.2, 0.25) is 0 Å². The molecule has 1 heterocycles. The van der Waals surface area contributed by atoms with Crippen LogP contribution >= 0.6 is 0 Å². The van der Waals surface area contributed by atoms with Gasteiger partial charge in [0.25, 0.3) is 0 Å². The van der Waals surface area contributed by atoms with Gasteiger partial charge < -0.3 is 9.47 Å². The van der Waals surface area contributed by atoms with E-state index in [4.69, 9.17) is 9.47 Å². The van der Waals surface area contributed by atoms with Gasteiger partial charge in [0.1, 0.15) is 11.5 Å². The molecule has 2 atom stereocenters. The number of rotatable bonds is 4. The van der Waals surface area contributed by atoms with Crippen molar-refractivity contribution in [1.82, 2.24) is 0 Å². The Morgan fingerprint density at radius 2 is 1.96 bits per heavy atom. The van der Waals surface area contributed by atoms with Crippen LogP contribution in [0.25, 0.3) is 0 Å². The second-order valence-corrected chi connectivity index (χ2v) is 6.03. The number of carbonyl (C=O) groups excluding carboxylic acids is 1. The van der Waals surface area contributed by atoms with Crippen LogP contribution in [0.5, 0.6) is 11.5 Å². The summed E-state index contributed by atoms with van der Waals surface area (Å²) in [5, 5.41) is 0. The third kappa shape index (κ3) is 3.39. The number of carbonyl (C=O) groups is 1. The Labute approximate surface area is 137 Å². The molecule has 120 valence electrons. The standard InChI is InChI=1S/C20H22O3/c1-3-14(2)15-8-10-16(11-9-15)23-20(21)18-12-13-22-19-7-5-4-6-17(18)19/h4-11,14,18H,3,12-13H2,1-2H3. The van der Waals surface area contributed by atoms with Crippen molar-refractivity contribution in [2.75, 3.05) is 6.61 Å². The highest BCUT2D eigenvalue weighted by molar-refractivity contribution is 5.81. The first-order valence-electron chi connectivity index (χ1n) is 8.22. The molecule has 1 aliphatic rings. The molecule has 3 rings (SSSR count). The van der Waals surface area contributed by atoms with Gasteiger partial charge in [0.15, 0.2) is 0 Å². The van der Waals surface area contributed by atoms with Gasteiger partial charge in [0.05, 0.1) is 12.5 Å². The Hall–Kier alpha value is -2.29. The molecule has 0 amide bonds. The maximum Gasteiger partial charge on any atom is 0.319 e. The molecule has 0 N–H and O–H groups in total. The van der Waals surface area contributed by atoms with Crippen molar-refractivity contribution in [2.45, 2.75) is 38.5 Å². The maximum absolute atomic E-state index is 12.5. The summed E-state index contributed by atoms with van der Waals surface area (Å²) >= 11 is 0. The minimum Gasteiger partial charge on any atom is -0.493 e. The van der Waals surface area contributed by atoms with E-state index in [1.54, 1.807) is 0 Å². The molecule has 0 aliphatic carbocycles. The minimum absolute atomic E-state index is 0.211. The van der Waals surface area contributed by atoms with Crippen LogP contribution in [0.3, 0.4) is 0 Å². The molecule has 0 radical (unpaired) electrons. The highest BCUT2D eigenvalue weighted by atomic mass is 16.5. The number of hydrogen-bond donors (Lipinski definition) is 0. The Kier molecular flexibility index (Phi) is 4.65. The van der Waals surface area contributed by atoms with Crippen molar-refractivity contribution in [2.24, 2.45) is 0 Å². The zero-order chi connectivity index (χ0) is 16.2. The molecule has 0 saturated carbocycles. The minimum atomic E-state index is -0.255. The van der Waals surface area contributed by atoms with Gasteiger partial charge in [-0.15, -0.1) is 0 Å². The molecule has 0 bridgehead atoms. The fourth-order valence-corrected chi connectivity index (χ4v) is 2.87. The van der Waals surface area contributed by atoms with E-state index in [-0.39, 0.29) is 11.9 Å². The molecule has 3 nitrogen and oxygen atoms in total. The van der Waals surface area contributed by atoms with Crippen LogP contribution in [0.15, 0.2) is 48.5 Å². The van der Waals surface area contributed by atoms with Gasteiger partial charge in [-0.2, -0.15) is 0 Å². The van der Waals surface area contributed by atoms with Gasteiger partial charge in [-0.3, -0.25) is 4.79 Å². The lowest BCUT2D eigenvalue weighted by atomic mass is 9.93. The summed E-state index contributed by atoms with van der Waals surface area (Å²) in [6.45, 7) is 4.91. The third-order valence-electron chi connectivity index (χ3n) is 4.52. The average Bonchev–Trinajstić information content (AvgIpc) is 2.61. The van der Waals surface area contributed by atoms with Gasteiger partial charge in [0, 0.05) is 5.56 Å². The fraction of sp³-hybridized carbons (Fsp3) is 0.350. The monoisotopic (exact) mass is 310 g/mol. The summed E-state index contributed by atoms with van der Waals surface area (Å²) in [5.74, 6) is 1.44. The lowest BCUT2D eigenvalue weighted by Crippen LogP contribution is -2.24. The zero-order valence-electron chi connectivity index (χ0n) is 13.6. The summed E-state index contributed by atoms with van der Waals surface area (Å²) in [4.78, 5) is 12.5. The Morgan fingerprint density at radius 1 is 1.22 bits per heavy atom. The first kappa shape index (κ1) is 15.6. The van der Waals surface area contributed by atoms with Crippen molar-refractivity contribution in [1.29, 1.82) is 0 Å².